The molecule has 2 aromatic carbocycles. The van der Waals surface area contributed by atoms with Crippen LogP contribution in [-0.4, -0.2) is 38.2 Å². The second-order valence-corrected chi connectivity index (χ2v) is 7.23. The van der Waals surface area contributed by atoms with E-state index in [0.29, 0.717) is 12.2 Å². The predicted octanol–water partition coefficient (Wildman–Crippen LogP) is 4.38. The van der Waals surface area contributed by atoms with Crippen LogP contribution in [-0.2, 0) is 4.74 Å². The third-order valence-electron chi connectivity index (χ3n) is 3.96. The molecule has 6 heteroatoms. The highest BCUT2D eigenvalue weighted by molar-refractivity contribution is 9.10. The Bertz CT molecular complexity index is 831. The van der Waals surface area contributed by atoms with Crippen molar-refractivity contribution in [3.05, 3.63) is 64.3 Å². The Morgan fingerprint density at radius 1 is 1.19 bits per heavy atom. The van der Waals surface area contributed by atoms with Crippen molar-refractivity contribution in [3.8, 4) is 0 Å². The lowest BCUT2D eigenvalue weighted by Crippen LogP contribution is -2.32. The first-order chi connectivity index (χ1) is 12.5. The molecule has 0 fully saturated rings. The normalized spacial score (nSPS) is 13.1. The van der Waals surface area contributed by atoms with Crippen molar-refractivity contribution in [3.63, 3.8) is 0 Å². The molecule has 0 aromatic heterocycles. The molecule has 5 nitrogen and oxygen atoms in total. The van der Waals surface area contributed by atoms with Gasteiger partial charge in [0.1, 0.15) is 0 Å². The van der Waals surface area contributed by atoms with E-state index in [4.69, 9.17) is 4.74 Å². The molecule has 2 aromatic rings. The number of anilines is 2. The Kier molecular flexibility index (Phi) is 5.64. The highest BCUT2D eigenvalue weighted by Crippen LogP contribution is 2.36. The summed E-state index contributed by atoms with van der Waals surface area (Å²) in [5.74, 6) is -0.298. The minimum atomic E-state index is -0.298. The van der Waals surface area contributed by atoms with Gasteiger partial charge in [-0.25, -0.2) is 4.79 Å². The minimum Gasteiger partial charge on any atom is -0.462 e. The van der Waals surface area contributed by atoms with Crippen molar-refractivity contribution in [2.45, 2.75) is 6.92 Å². The summed E-state index contributed by atoms with van der Waals surface area (Å²) in [5.41, 5.74) is 4.70. The van der Waals surface area contributed by atoms with Gasteiger partial charge in [0.25, 0.3) is 0 Å². The molecule has 0 saturated carbocycles. The van der Waals surface area contributed by atoms with Gasteiger partial charge < -0.3 is 15.0 Å². The van der Waals surface area contributed by atoms with E-state index >= 15 is 0 Å². The zero-order valence-electron chi connectivity index (χ0n) is 15.1. The van der Waals surface area contributed by atoms with Gasteiger partial charge in [0.15, 0.2) is 0 Å². The van der Waals surface area contributed by atoms with Crippen LogP contribution < -0.4 is 10.2 Å². The van der Waals surface area contributed by atoms with Gasteiger partial charge in [0.05, 0.1) is 35.9 Å². The summed E-state index contributed by atoms with van der Waals surface area (Å²) in [6.45, 7) is 2.94. The Morgan fingerprint density at radius 2 is 1.92 bits per heavy atom. The average Bonchev–Trinajstić information content (AvgIpc) is 2.61. The first-order valence-corrected chi connectivity index (χ1v) is 9.24. The van der Waals surface area contributed by atoms with Crippen molar-refractivity contribution in [1.29, 1.82) is 0 Å². The minimum absolute atomic E-state index is 0.298. The molecule has 136 valence electrons. The van der Waals surface area contributed by atoms with E-state index in [2.05, 4.69) is 49.4 Å². The number of fused-ring (bicyclic) bond motifs is 1. The smallest absolute Gasteiger partial charge is 0.338 e. The number of ether oxygens (including phenoxy) is 1. The SMILES string of the molecule is CCOC(=O)c1ccc(C2=CN(CN(C)C)c3ccc(Br)cc3N2)cc1. The molecule has 1 aliphatic heterocycles. The molecule has 1 N–H and O–H groups in total. The molecule has 0 saturated heterocycles. The van der Waals surface area contributed by atoms with Crippen LogP contribution in [0.1, 0.15) is 22.8 Å². The molecule has 0 amide bonds. The first kappa shape index (κ1) is 18.5. The predicted molar refractivity (Wildman–Crippen MR) is 109 cm³/mol. The molecule has 1 aliphatic rings. The van der Waals surface area contributed by atoms with E-state index in [1.54, 1.807) is 19.1 Å². The topological polar surface area (TPSA) is 44.8 Å². The van der Waals surface area contributed by atoms with E-state index < -0.39 is 0 Å². The maximum absolute atomic E-state index is 11.8. The molecule has 0 aliphatic carbocycles. The summed E-state index contributed by atoms with van der Waals surface area (Å²) >= 11 is 3.54. The van der Waals surface area contributed by atoms with Crippen LogP contribution in [0.25, 0.3) is 5.70 Å². The third-order valence-corrected chi connectivity index (χ3v) is 4.46. The first-order valence-electron chi connectivity index (χ1n) is 8.45. The second-order valence-electron chi connectivity index (χ2n) is 6.32. The van der Waals surface area contributed by atoms with Gasteiger partial charge in [-0.3, -0.25) is 4.90 Å². The van der Waals surface area contributed by atoms with Crippen LogP contribution in [0.4, 0.5) is 11.4 Å². The summed E-state index contributed by atoms with van der Waals surface area (Å²) in [5, 5.41) is 3.49. The average molecular weight is 416 g/mol. The fourth-order valence-electron chi connectivity index (χ4n) is 2.83. The number of hydrogen-bond donors (Lipinski definition) is 1. The van der Waals surface area contributed by atoms with E-state index in [0.717, 1.165) is 33.8 Å². The summed E-state index contributed by atoms with van der Waals surface area (Å²) in [6.07, 6.45) is 2.09. The Labute approximate surface area is 162 Å². The summed E-state index contributed by atoms with van der Waals surface area (Å²) in [7, 11) is 4.09. The van der Waals surface area contributed by atoms with Crippen molar-refractivity contribution >= 4 is 39.0 Å². The molecule has 3 rings (SSSR count). The Hall–Kier alpha value is -2.31. The zero-order valence-corrected chi connectivity index (χ0v) is 16.7. The highest BCUT2D eigenvalue weighted by atomic mass is 79.9. The maximum Gasteiger partial charge on any atom is 0.338 e. The number of nitrogens with zero attached hydrogens (tertiary/aromatic N) is 2. The van der Waals surface area contributed by atoms with Gasteiger partial charge in [-0.2, -0.15) is 0 Å². The fourth-order valence-corrected chi connectivity index (χ4v) is 3.19. The van der Waals surface area contributed by atoms with Crippen molar-refractivity contribution in [2.75, 3.05) is 37.6 Å². The van der Waals surface area contributed by atoms with Crippen LogP contribution >= 0.6 is 15.9 Å². The largest absolute Gasteiger partial charge is 0.462 e. The van der Waals surface area contributed by atoms with Crippen LogP contribution in [0.2, 0.25) is 0 Å². The van der Waals surface area contributed by atoms with E-state index in [9.17, 15) is 4.79 Å². The lowest BCUT2D eigenvalue weighted by atomic mass is 10.1. The van der Waals surface area contributed by atoms with E-state index in [1.807, 2.05) is 32.3 Å². The molecule has 0 bridgehead atoms. The van der Waals surface area contributed by atoms with Gasteiger partial charge in [0.2, 0.25) is 0 Å². The highest BCUT2D eigenvalue weighted by Gasteiger charge is 2.19. The number of hydrogen-bond acceptors (Lipinski definition) is 5. The molecule has 1 heterocycles. The lowest BCUT2D eigenvalue weighted by molar-refractivity contribution is 0.0526. The fraction of sp³-hybridized carbons (Fsp3) is 0.250. The molecule has 0 atom stereocenters. The molecule has 0 unspecified atom stereocenters. The lowest BCUT2D eigenvalue weighted by Gasteiger charge is -2.32. The summed E-state index contributed by atoms with van der Waals surface area (Å²) in [6, 6.07) is 13.6. The number of halogens is 1. The van der Waals surface area contributed by atoms with Gasteiger partial charge in [-0.15, -0.1) is 0 Å². The summed E-state index contributed by atoms with van der Waals surface area (Å²) < 4.78 is 6.07. The summed E-state index contributed by atoms with van der Waals surface area (Å²) in [4.78, 5) is 16.2. The van der Waals surface area contributed by atoms with Crippen LogP contribution in [0.3, 0.4) is 0 Å². The van der Waals surface area contributed by atoms with Crippen molar-refractivity contribution in [1.82, 2.24) is 4.90 Å². The molecular formula is C20H22BrN3O2. The second kappa shape index (κ2) is 7.93. The van der Waals surface area contributed by atoms with Gasteiger partial charge in [-0.05, 0) is 56.9 Å². The Morgan fingerprint density at radius 3 is 2.58 bits per heavy atom. The molecular weight excluding hydrogens is 394 g/mol. The quantitative estimate of drug-likeness (QED) is 0.734. The molecule has 0 radical (unpaired) electrons. The Balaban J connectivity index is 1.91. The van der Waals surface area contributed by atoms with E-state index in [-0.39, 0.29) is 5.97 Å². The number of rotatable bonds is 5. The number of benzene rings is 2. The van der Waals surface area contributed by atoms with Crippen LogP contribution in [0.5, 0.6) is 0 Å². The van der Waals surface area contributed by atoms with Gasteiger partial charge in [0, 0.05) is 10.7 Å². The number of carbonyl (C=O) groups is 1. The number of esters is 1. The van der Waals surface area contributed by atoms with E-state index in [1.165, 1.54) is 0 Å². The van der Waals surface area contributed by atoms with Gasteiger partial charge in [-0.1, -0.05) is 28.1 Å². The van der Waals surface area contributed by atoms with Crippen molar-refractivity contribution < 1.29 is 9.53 Å². The van der Waals surface area contributed by atoms with Crippen molar-refractivity contribution in [2.24, 2.45) is 0 Å². The molecule has 0 spiro atoms. The molecule has 26 heavy (non-hydrogen) atoms. The standard InChI is InChI=1S/C20H22BrN3O2/c1-4-26-20(25)15-7-5-14(6-8-15)18-12-24(13-23(2)3)19-10-9-16(21)11-17(19)22-18/h5-12,22H,4,13H2,1-3H3. The zero-order chi connectivity index (χ0) is 18.7. The van der Waals surface area contributed by atoms with Gasteiger partial charge >= 0.3 is 5.97 Å². The van der Waals surface area contributed by atoms with Crippen LogP contribution in [0.15, 0.2) is 53.1 Å². The third kappa shape index (κ3) is 4.08. The number of nitrogens with one attached hydrogen (secondary N) is 1. The monoisotopic (exact) mass is 415 g/mol. The number of carbonyl (C=O) groups excluding carboxylic acids is 1. The maximum atomic E-state index is 11.8. The van der Waals surface area contributed by atoms with Crippen LogP contribution in [0, 0.1) is 0 Å².